The van der Waals surface area contributed by atoms with Crippen LogP contribution < -0.4 is 4.90 Å². The summed E-state index contributed by atoms with van der Waals surface area (Å²) in [6.07, 6.45) is 2.07. The molecule has 2 aromatic carbocycles. The van der Waals surface area contributed by atoms with Crippen LogP contribution in [0.3, 0.4) is 0 Å². The fourth-order valence-electron chi connectivity index (χ4n) is 3.72. The maximum absolute atomic E-state index is 12.7. The third kappa shape index (κ3) is 4.59. The van der Waals surface area contributed by atoms with Crippen molar-refractivity contribution in [2.24, 2.45) is 0 Å². The molecule has 1 aliphatic heterocycles. The molecule has 1 aliphatic rings. The van der Waals surface area contributed by atoms with Gasteiger partial charge in [-0.3, -0.25) is 4.79 Å². The van der Waals surface area contributed by atoms with Gasteiger partial charge in [0.15, 0.2) is 9.84 Å². The Morgan fingerprint density at radius 3 is 2.48 bits per heavy atom. The number of aryl methyl sites for hydroxylation is 3. The van der Waals surface area contributed by atoms with E-state index in [9.17, 15) is 13.2 Å². The maximum Gasteiger partial charge on any atom is 0.227 e. The van der Waals surface area contributed by atoms with Crippen LogP contribution >= 0.6 is 0 Å². The highest BCUT2D eigenvalue weighted by molar-refractivity contribution is 7.89. The summed E-state index contributed by atoms with van der Waals surface area (Å²) >= 11 is 0. The van der Waals surface area contributed by atoms with E-state index in [1.165, 1.54) is 0 Å². The van der Waals surface area contributed by atoms with Gasteiger partial charge in [0, 0.05) is 18.7 Å². The summed E-state index contributed by atoms with van der Waals surface area (Å²) in [5, 5.41) is 0. The molecule has 3 rings (SSSR count). The van der Waals surface area contributed by atoms with E-state index in [-0.39, 0.29) is 17.4 Å². The fraction of sp³-hybridized carbons (Fsp3) is 0.409. The number of carbonyl (C=O) groups is 1. The molecule has 0 atom stereocenters. The predicted octanol–water partition coefficient (Wildman–Crippen LogP) is 4.11. The van der Waals surface area contributed by atoms with Gasteiger partial charge in [0.05, 0.1) is 11.5 Å². The van der Waals surface area contributed by atoms with Crippen molar-refractivity contribution >= 4 is 21.4 Å². The lowest BCUT2D eigenvalue weighted by Gasteiger charge is -2.29. The molecule has 5 heteroatoms. The minimum Gasteiger partial charge on any atom is -0.312 e. The molecule has 0 fully saturated rings. The summed E-state index contributed by atoms with van der Waals surface area (Å²) in [7, 11) is -3.26. The largest absolute Gasteiger partial charge is 0.312 e. The van der Waals surface area contributed by atoms with Crippen LogP contribution in [-0.4, -0.2) is 20.9 Å². The lowest BCUT2D eigenvalue weighted by atomic mass is 9.99. The monoisotopic (exact) mass is 385 g/mol. The number of amides is 1. The van der Waals surface area contributed by atoms with E-state index >= 15 is 0 Å². The van der Waals surface area contributed by atoms with Crippen LogP contribution in [0, 0.1) is 13.8 Å². The van der Waals surface area contributed by atoms with Crippen molar-refractivity contribution in [2.75, 3.05) is 11.4 Å². The third-order valence-electron chi connectivity index (χ3n) is 5.05. The van der Waals surface area contributed by atoms with E-state index in [1.54, 1.807) is 0 Å². The number of hydrogen-bond donors (Lipinski definition) is 0. The summed E-state index contributed by atoms with van der Waals surface area (Å²) in [4.78, 5) is 14.0. The summed E-state index contributed by atoms with van der Waals surface area (Å²) in [5.41, 5.74) is 5.81. The lowest BCUT2D eigenvalue weighted by Crippen LogP contribution is -2.35. The van der Waals surface area contributed by atoms with Crippen molar-refractivity contribution in [3.63, 3.8) is 0 Å². The van der Waals surface area contributed by atoms with E-state index in [4.69, 9.17) is 0 Å². The molecule has 0 unspecified atom stereocenters. The minimum absolute atomic E-state index is 0.0231. The number of benzene rings is 2. The molecule has 0 N–H and O–H groups in total. The first-order chi connectivity index (χ1) is 12.8. The van der Waals surface area contributed by atoms with E-state index in [1.807, 2.05) is 55.1 Å². The Kier molecular flexibility index (Phi) is 5.70. The van der Waals surface area contributed by atoms with E-state index < -0.39 is 9.84 Å². The quantitative estimate of drug-likeness (QED) is 0.752. The van der Waals surface area contributed by atoms with Crippen LogP contribution in [-0.2, 0) is 32.6 Å². The SMILES string of the molecule is CCCN1C(=O)CCc2cc(CS(=O)(=O)Cc3ccc(C)cc3C)ccc21. The van der Waals surface area contributed by atoms with Crippen LogP contribution in [0.1, 0.15) is 47.6 Å². The number of carbonyl (C=O) groups excluding carboxylic acids is 1. The molecule has 0 aliphatic carbocycles. The summed E-state index contributed by atoms with van der Waals surface area (Å²) in [6, 6.07) is 11.6. The van der Waals surface area contributed by atoms with Crippen molar-refractivity contribution in [1.29, 1.82) is 0 Å². The summed E-state index contributed by atoms with van der Waals surface area (Å²) in [6.45, 7) is 6.72. The number of nitrogens with zero attached hydrogens (tertiary/aromatic N) is 1. The van der Waals surface area contributed by atoms with Crippen molar-refractivity contribution in [2.45, 2.75) is 51.5 Å². The summed E-state index contributed by atoms with van der Waals surface area (Å²) < 4.78 is 25.5. The van der Waals surface area contributed by atoms with Crippen LogP contribution in [0.25, 0.3) is 0 Å². The topological polar surface area (TPSA) is 54.5 Å². The Hall–Kier alpha value is -2.14. The third-order valence-corrected chi connectivity index (χ3v) is 6.58. The second kappa shape index (κ2) is 7.85. The molecule has 0 radical (unpaired) electrons. The van der Waals surface area contributed by atoms with Gasteiger partial charge in [0.1, 0.15) is 0 Å². The van der Waals surface area contributed by atoms with Gasteiger partial charge in [0.2, 0.25) is 5.91 Å². The smallest absolute Gasteiger partial charge is 0.227 e. The molecule has 1 amide bonds. The second-order valence-corrected chi connectivity index (χ2v) is 9.54. The van der Waals surface area contributed by atoms with Gasteiger partial charge in [-0.2, -0.15) is 0 Å². The zero-order chi connectivity index (χ0) is 19.6. The molecule has 0 bridgehead atoms. The molecular weight excluding hydrogens is 358 g/mol. The average Bonchev–Trinajstić information content (AvgIpc) is 2.59. The van der Waals surface area contributed by atoms with E-state index in [2.05, 4.69) is 6.92 Å². The van der Waals surface area contributed by atoms with E-state index in [0.29, 0.717) is 19.4 Å². The van der Waals surface area contributed by atoms with Gasteiger partial charge in [0.25, 0.3) is 0 Å². The first-order valence-electron chi connectivity index (χ1n) is 9.48. The Labute approximate surface area is 162 Å². The first-order valence-corrected chi connectivity index (χ1v) is 11.3. The van der Waals surface area contributed by atoms with Crippen LogP contribution in [0.2, 0.25) is 0 Å². The van der Waals surface area contributed by atoms with Gasteiger partial charge in [-0.15, -0.1) is 0 Å². The van der Waals surface area contributed by atoms with Gasteiger partial charge >= 0.3 is 0 Å². The minimum atomic E-state index is -3.26. The van der Waals surface area contributed by atoms with Gasteiger partial charge in [-0.05, 0) is 55.0 Å². The molecule has 144 valence electrons. The predicted molar refractivity (Wildman–Crippen MR) is 110 cm³/mol. The molecule has 0 saturated heterocycles. The average molecular weight is 386 g/mol. The van der Waals surface area contributed by atoms with Crippen LogP contribution in [0.5, 0.6) is 0 Å². The van der Waals surface area contributed by atoms with Crippen molar-refractivity contribution in [3.05, 3.63) is 64.2 Å². The summed E-state index contributed by atoms with van der Waals surface area (Å²) in [5.74, 6) is 0.228. The molecular formula is C22H27NO3S. The molecule has 1 heterocycles. The molecule has 4 nitrogen and oxygen atoms in total. The van der Waals surface area contributed by atoms with Gasteiger partial charge in [-0.1, -0.05) is 42.8 Å². The zero-order valence-corrected chi connectivity index (χ0v) is 17.1. The van der Waals surface area contributed by atoms with Crippen molar-refractivity contribution < 1.29 is 13.2 Å². The molecule has 0 spiro atoms. The fourth-order valence-corrected chi connectivity index (χ4v) is 5.31. The molecule has 2 aromatic rings. The van der Waals surface area contributed by atoms with Crippen molar-refractivity contribution in [3.8, 4) is 0 Å². The Bertz CT molecular complexity index is 964. The molecule has 0 saturated carbocycles. The van der Waals surface area contributed by atoms with Crippen molar-refractivity contribution in [1.82, 2.24) is 0 Å². The Morgan fingerprint density at radius 2 is 1.78 bits per heavy atom. The van der Waals surface area contributed by atoms with Gasteiger partial charge < -0.3 is 4.90 Å². The lowest BCUT2D eigenvalue weighted by molar-refractivity contribution is -0.118. The van der Waals surface area contributed by atoms with Crippen LogP contribution in [0.4, 0.5) is 5.69 Å². The standard InChI is InChI=1S/C22H27NO3S/c1-4-11-23-21-9-6-18(13-19(21)8-10-22(23)24)14-27(25,26)15-20-7-5-16(2)12-17(20)3/h5-7,9,12-13H,4,8,10-11,14-15H2,1-3H3. The number of sulfone groups is 1. The van der Waals surface area contributed by atoms with Crippen LogP contribution in [0.15, 0.2) is 36.4 Å². The first kappa shape index (κ1) is 19.6. The number of anilines is 1. The highest BCUT2D eigenvalue weighted by Crippen LogP contribution is 2.30. The number of fused-ring (bicyclic) bond motifs is 1. The number of rotatable bonds is 6. The highest BCUT2D eigenvalue weighted by atomic mass is 32.2. The maximum atomic E-state index is 12.7. The highest BCUT2D eigenvalue weighted by Gasteiger charge is 2.24. The molecule has 27 heavy (non-hydrogen) atoms. The number of hydrogen-bond acceptors (Lipinski definition) is 3. The zero-order valence-electron chi connectivity index (χ0n) is 16.3. The Morgan fingerprint density at radius 1 is 1.00 bits per heavy atom. The second-order valence-electron chi connectivity index (χ2n) is 7.47. The Balaban J connectivity index is 1.80. The van der Waals surface area contributed by atoms with Gasteiger partial charge in [-0.25, -0.2) is 8.42 Å². The van der Waals surface area contributed by atoms with E-state index in [0.717, 1.165) is 39.9 Å². The normalized spacial score (nSPS) is 14.3. The molecule has 0 aromatic heterocycles.